The van der Waals surface area contributed by atoms with E-state index < -0.39 is 0 Å². The van der Waals surface area contributed by atoms with Gasteiger partial charge in [0, 0.05) is 30.8 Å². The van der Waals surface area contributed by atoms with Crippen LogP contribution in [-0.2, 0) is 4.74 Å². The number of amides is 2. The molecule has 3 aromatic rings. The van der Waals surface area contributed by atoms with Gasteiger partial charge in [-0.05, 0) is 38.0 Å². The first-order valence-electron chi connectivity index (χ1n) is 11.3. The van der Waals surface area contributed by atoms with Crippen LogP contribution in [0.4, 0.5) is 5.69 Å². The normalized spacial score (nSPS) is 14.4. The van der Waals surface area contributed by atoms with Crippen LogP contribution in [0.15, 0.2) is 24.3 Å². The van der Waals surface area contributed by atoms with Crippen molar-refractivity contribution in [1.29, 1.82) is 0 Å². The highest BCUT2D eigenvalue weighted by molar-refractivity contribution is 7.20. The van der Waals surface area contributed by atoms with Crippen LogP contribution < -0.4 is 15.4 Å². The van der Waals surface area contributed by atoms with E-state index in [1.807, 2.05) is 13.0 Å². The summed E-state index contributed by atoms with van der Waals surface area (Å²) in [5.41, 5.74) is 1.92. The number of hydrogen-bond donors (Lipinski definition) is 2. The smallest absolute Gasteiger partial charge is 0.265 e. The number of thiophene rings is 1. The number of ether oxygens (including phenoxy) is 2. The van der Waals surface area contributed by atoms with Crippen molar-refractivity contribution in [3.8, 4) is 5.75 Å². The zero-order valence-electron chi connectivity index (χ0n) is 19.3. The van der Waals surface area contributed by atoms with E-state index in [1.54, 1.807) is 25.3 Å². The second-order valence-electron chi connectivity index (χ2n) is 8.27. The molecule has 2 N–H and O–H groups in total. The minimum absolute atomic E-state index is 0.190. The second-order valence-corrected chi connectivity index (χ2v) is 9.30. The summed E-state index contributed by atoms with van der Waals surface area (Å²) in [6.45, 7) is 2.83. The lowest BCUT2D eigenvalue weighted by Gasteiger charge is -2.22. The maximum Gasteiger partial charge on any atom is 0.265 e. The molecule has 176 valence electrons. The van der Waals surface area contributed by atoms with Crippen LogP contribution in [0.5, 0.6) is 5.75 Å². The van der Waals surface area contributed by atoms with Crippen molar-refractivity contribution in [2.24, 2.45) is 0 Å². The molecular formula is C24H30N4O4S. The molecule has 0 radical (unpaired) electrons. The third kappa shape index (κ3) is 5.04. The number of aryl methyl sites for hydroxylation is 1. The summed E-state index contributed by atoms with van der Waals surface area (Å²) >= 11 is 1.48. The van der Waals surface area contributed by atoms with E-state index >= 15 is 0 Å². The number of carbonyl (C=O) groups excluding carboxylic acids is 2. The first kappa shape index (κ1) is 23.3. The fourth-order valence-corrected chi connectivity index (χ4v) is 5.40. The topological polar surface area (TPSA) is 94.5 Å². The van der Waals surface area contributed by atoms with Gasteiger partial charge in [0.15, 0.2) is 0 Å². The molecule has 0 aliphatic heterocycles. The van der Waals surface area contributed by atoms with Gasteiger partial charge in [0.05, 0.1) is 35.9 Å². The van der Waals surface area contributed by atoms with Gasteiger partial charge in [-0.15, -0.1) is 11.3 Å². The summed E-state index contributed by atoms with van der Waals surface area (Å²) in [5.74, 6) is -0.0537. The van der Waals surface area contributed by atoms with Gasteiger partial charge >= 0.3 is 0 Å². The van der Waals surface area contributed by atoms with Crippen LogP contribution in [0, 0.1) is 6.92 Å². The van der Waals surface area contributed by atoms with E-state index in [9.17, 15) is 9.59 Å². The zero-order chi connectivity index (χ0) is 23.4. The molecule has 9 heteroatoms. The molecular weight excluding hydrogens is 440 g/mol. The Balaban J connectivity index is 1.51. The minimum atomic E-state index is -0.256. The van der Waals surface area contributed by atoms with Crippen molar-refractivity contribution in [1.82, 2.24) is 15.1 Å². The maximum atomic E-state index is 13.0. The predicted molar refractivity (Wildman–Crippen MR) is 130 cm³/mol. The summed E-state index contributed by atoms with van der Waals surface area (Å²) in [6.07, 6.45) is 6.02. The third-order valence-electron chi connectivity index (χ3n) is 6.01. The Labute approximate surface area is 197 Å². The van der Waals surface area contributed by atoms with Crippen molar-refractivity contribution >= 4 is 39.1 Å². The van der Waals surface area contributed by atoms with Gasteiger partial charge in [0.1, 0.15) is 10.6 Å². The fraction of sp³-hybridized carbons (Fsp3) is 0.458. The molecule has 0 unspecified atom stereocenters. The second kappa shape index (κ2) is 10.4. The molecule has 0 saturated heterocycles. The van der Waals surface area contributed by atoms with E-state index in [1.165, 1.54) is 37.7 Å². The van der Waals surface area contributed by atoms with Gasteiger partial charge < -0.3 is 20.1 Å². The highest BCUT2D eigenvalue weighted by Gasteiger charge is 2.23. The molecule has 0 atom stereocenters. The van der Waals surface area contributed by atoms with E-state index in [2.05, 4.69) is 15.3 Å². The Morgan fingerprint density at radius 1 is 1.15 bits per heavy atom. The van der Waals surface area contributed by atoms with Crippen molar-refractivity contribution < 1.29 is 19.1 Å². The van der Waals surface area contributed by atoms with Crippen molar-refractivity contribution in [2.75, 3.05) is 32.7 Å². The Kier molecular flexibility index (Phi) is 7.29. The number of methoxy groups -OCH3 is 2. The number of rotatable bonds is 8. The number of carbonyl (C=O) groups is 2. The number of hydrogen-bond acceptors (Lipinski definition) is 6. The van der Waals surface area contributed by atoms with Crippen LogP contribution in [0.25, 0.3) is 10.2 Å². The standard InChI is InChI=1S/C24H30N4O4S/c1-15-19-14-21(33-24(19)28(27-15)17-7-5-4-6-8-17)23(30)26-16-9-10-18(20(13-16)32-3)22(29)25-11-12-31-2/h9-10,13-14,17H,4-8,11-12H2,1-3H3,(H,25,29)(H,26,30). The van der Waals surface area contributed by atoms with Crippen LogP contribution >= 0.6 is 11.3 Å². The van der Waals surface area contributed by atoms with Crippen molar-refractivity contribution in [3.63, 3.8) is 0 Å². The molecule has 2 heterocycles. The van der Waals surface area contributed by atoms with Crippen LogP contribution in [0.1, 0.15) is 63.9 Å². The third-order valence-corrected chi connectivity index (χ3v) is 7.13. The summed E-state index contributed by atoms with van der Waals surface area (Å²) < 4.78 is 12.5. The lowest BCUT2D eigenvalue weighted by Crippen LogP contribution is -2.27. The van der Waals surface area contributed by atoms with Crippen LogP contribution in [-0.4, -0.2) is 49.0 Å². The number of nitrogens with zero attached hydrogens (tertiary/aromatic N) is 2. The first-order chi connectivity index (χ1) is 16.0. The summed E-state index contributed by atoms with van der Waals surface area (Å²) in [5, 5.41) is 11.5. The lowest BCUT2D eigenvalue weighted by molar-refractivity contribution is 0.0933. The van der Waals surface area contributed by atoms with Crippen molar-refractivity contribution in [3.05, 3.63) is 40.4 Å². The molecule has 1 saturated carbocycles. The van der Waals surface area contributed by atoms with Crippen LogP contribution in [0.3, 0.4) is 0 Å². The van der Waals surface area contributed by atoms with E-state index in [0.29, 0.717) is 41.1 Å². The molecule has 1 aromatic carbocycles. The summed E-state index contributed by atoms with van der Waals surface area (Å²) in [6, 6.07) is 7.34. The molecule has 8 nitrogen and oxygen atoms in total. The lowest BCUT2D eigenvalue weighted by atomic mass is 9.96. The number of nitrogens with one attached hydrogen (secondary N) is 2. The minimum Gasteiger partial charge on any atom is -0.496 e. The van der Waals surface area contributed by atoms with Gasteiger partial charge in [-0.1, -0.05) is 19.3 Å². The first-order valence-corrected chi connectivity index (χ1v) is 12.1. The molecule has 1 fully saturated rings. The average Bonchev–Trinajstić information content (AvgIpc) is 3.40. The van der Waals surface area contributed by atoms with Crippen molar-refractivity contribution in [2.45, 2.75) is 45.1 Å². The number of benzene rings is 1. The zero-order valence-corrected chi connectivity index (χ0v) is 20.1. The van der Waals surface area contributed by atoms with E-state index in [-0.39, 0.29) is 11.8 Å². The molecule has 1 aliphatic rings. The Morgan fingerprint density at radius 2 is 1.94 bits per heavy atom. The number of anilines is 1. The van der Waals surface area contributed by atoms with Gasteiger partial charge in [-0.3, -0.25) is 14.3 Å². The monoisotopic (exact) mass is 470 g/mol. The molecule has 4 rings (SSSR count). The highest BCUT2D eigenvalue weighted by atomic mass is 32.1. The van der Waals surface area contributed by atoms with E-state index in [0.717, 1.165) is 28.8 Å². The molecule has 0 bridgehead atoms. The Bertz CT molecular complexity index is 1150. The van der Waals surface area contributed by atoms with Crippen LogP contribution in [0.2, 0.25) is 0 Å². The number of fused-ring (bicyclic) bond motifs is 1. The average molecular weight is 471 g/mol. The summed E-state index contributed by atoms with van der Waals surface area (Å²) in [7, 11) is 3.08. The van der Waals surface area contributed by atoms with Gasteiger partial charge in [0.25, 0.3) is 11.8 Å². The number of aromatic nitrogens is 2. The molecule has 1 aliphatic carbocycles. The van der Waals surface area contributed by atoms with Gasteiger partial charge in [-0.2, -0.15) is 5.10 Å². The Morgan fingerprint density at radius 3 is 2.67 bits per heavy atom. The molecule has 2 aromatic heterocycles. The highest BCUT2D eigenvalue weighted by Crippen LogP contribution is 2.35. The van der Waals surface area contributed by atoms with Gasteiger partial charge in [-0.25, -0.2) is 0 Å². The maximum absolute atomic E-state index is 13.0. The molecule has 2 amide bonds. The van der Waals surface area contributed by atoms with Gasteiger partial charge in [0.2, 0.25) is 0 Å². The fourth-order valence-electron chi connectivity index (χ4n) is 4.27. The molecule has 33 heavy (non-hydrogen) atoms. The SMILES string of the molecule is COCCNC(=O)c1ccc(NC(=O)c2cc3c(C)nn(C4CCCCC4)c3s2)cc1OC. The predicted octanol–water partition coefficient (Wildman–Crippen LogP) is 4.55. The Hall–Kier alpha value is -2.91. The van der Waals surface area contributed by atoms with E-state index in [4.69, 9.17) is 14.6 Å². The quantitative estimate of drug-likeness (QED) is 0.471. The molecule has 0 spiro atoms. The largest absolute Gasteiger partial charge is 0.496 e. The summed E-state index contributed by atoms with van der Waals surface area (Å²) in [4.78, 5) is 27.1.